The van der Waals surface area contributed by atoms with Crippen molar-refractivity contribution in [2.75, 3.05) is 30.4 Å². The predicted octanol–water partition coefficient (Wildman–Crippen LogP) is 3.93. The largest absolute Gasteiger partial charge is 0.381 e. The molecule has 0 radical (unpaired) electrons. The van der Waals surface area contributed by atoms with Gasteiger partial charge in [-0.3, -0.25) is 5.10 Å². The monoisotopic (exact) mass is 408 g/mol. The lowest BCUT2D eigenvalue weighted by Gasteiger charge is -2.32. The highest BCUT2D eigenvalue weighted by molar-refractivity contribution is 7.15. The predicted molar refractivity (Wildman–Crippen MR) is 117 cm³/mol. The van der Waals surface area contributed by atoms with Crippen LogP contribution in [0.2, 0.25) is 0 Å². The third-order valence-corrected chi connectivity index (χ3v) is 5.97. The minimum atomic E-state index is 0.326. The van der Waals surface area contributed by atoms with Crippen LogP contribution in [0.5, 0.6) is 0 Å². The van der Waals surface area contributed by atoms with Crippen LogP contribution in [0, 0.1) is 11.3 Å². The van der Waals surface area contributed by atoms with Gasteiger partial charge in [0.15, 0.2) is 5.82 Å². The van der Waals surface area contributed by atoms with E-state index in [4.69, 9.17) is 10.00 Å². The minimum Gasteiger partial charge on any atom is -0.381 e. The fourth-order valence-electron chi connectivity index (χ4n) is 3.40. The lowest BCUT2D eigenvalue weighted by molar-refractivity contribution is 0.0704. The highest BCUT2D eigenvalue weighted by Crippen LogP contribution is 2.28. The standard InChI is InChI=1S/C21H24N6OS/c1-2-17(19-13-28-10-9-23-19)24-14-3-5-15(6-4-14)25-21-11-18(26-27-21)20-8-7-16(12-22)29-20/h3-8,11,17,19,23-24H,2,9-10,13H2,1H3,(H2,25,26,27). The Kier molecular flexibility index (Phi) is 6.10. The molecule has 7 nitrogen and oxygen atoms in total. The zero-order valence-corrected chi connectivity index (χ0v) is 17.1. The first-order valence-corrected chi connectivity index (χ1v) is 10.6. The molecule has 0 saturated carbocycles. The van der Waals surface area contributed by atoms with Gasteiger partial charge in [0.1, 0.15) is 10.9 Å². The van der Waals surface area contributed by atoms with Crippen LogP contribution in [0.15, 0.2) is 42.5 Å². The summed E-state index contributed by atoms with van der Waals surface area (Å²) in [5.41, 5.74) is 2.94. The Morgan fingerprint density at radius 2 is 2.10 bits per heavy atom. The number of H-pyrrole nitrogens is 1. The van der Waals surface area contributed by atoms with Crippen molar-refractivity contribution < 1.29 is 4.74 Å². The first kappa shape index (κ1) is 19.5. The molecule has 0 aliphatic carbocycles. The molecule has 3 heterocycles. The fourth-order valence-corrected chi connectivity index (χ4v) is 4.17. The number of rotatable bonds is 7. The molecular weight excluding hydrogens is 384 g/mol. The highest BCUT2D eigenvalue weighted by Gasteiger charge is 2.22. The van der Waals surface area contributed by atoms with Gasteiger partial charge < -0.3 is 20.7 Å². The SMILES string of the molecule is CCC(Nc1ccc(Nc2cc(-c3ccc(C#N)s3)[nH]n2)cc1)C1COCCN1. The van der Waals surface area contributed by atoms with Gasteiger partial charge in [-0.05, 0) is 42.8 Å². The number of nitrogens with one attached hydrogen (secondary N) is 4. The molecule has 1 aromatic carbocycles. The number of anilines is 3. The number of aromatic nitrogens is 2. The van der Waals surface area contributed by atoms with Gasteiger partial charge in [-0.1, -0.05) is 6.92 Å². The molecule has 1 fully saturated rings. The number of nitriles is 1. The van der Waals surface area contributed by atoms with Crippen LogP contribution in [0.25, 0.3) is 10.6 Å². The molecule has 2 atom stereocenters. The van der Waals surface area contributed by atoms with Crippen LogP contribution in [0.4, 0.5) is 17.2 Å². The van der Waals surface area contributed by atoms with Gasteiger partial charge in [0, 0.05) is 30.0 Å². The number of thiophene rings is 1. The van der Waals surface area contributed by atoms with E-state index in [2.05, 4.69) is 51.3 Å². The third-order valence-electron chi connectivity index (χ3n) is 4.94. The van der Waals surface area contributed by atoms with Gasteiger partial charge in [0.2, 0.25) is 0 Å². The molecule has 4 N–H and O–H groups in total. The molecule has 0 amide bonds. The van der Waals surface area contributed by atoms with Crippen LogP contribution in [0.3, 0.4) is 0 Å². The van der Waals surface area contributed by atoms with E-state index in [1.54, 1.807) is 0 Å². The fraction of sp³-hybridized carbons (Fsp3) is 0.333. The van der Waals surface area contributed by atoms with E-state index in [9.17, 15) is 0 Å². The number of ether oxygens (including phenoxy) is 1. The second kappa shape index (κ2) is 9.09. The van der Waals surface area contributed by atoms with Crippen LogP contribution < -0.4 is 16.0 Å². The van der Waals surface area contributed by atoms with Crippen molar-refractivity contribution in [2.45, 2.75) is 25.4 Å². The number of benzene rings is 1. The van der Waals surface area contributed by atoms with E-state index in [1.807, 2.05) is 30.3 Å². The lowest BCUT2D eigenvalue weighted by Crippen LogP contribution is -2.51. The number of hydrogen-bond acceptors (Lipinski definition) is 7. The Balaban J connectivity index is 1.37. The molecule has 8 heteroatoms. The molecule has 1 aliphatic heterocycles. The van der Waals surface area contributed by atoms with Gasteiger partial charge in [0.25, 0.3) is 0 Å². The summed E-state index contributed by atoms with van der Waals surface area (Å²) >= 11 is 1.44. The van der Waals surface area contributed by atoms with Crippen molar-refractivity contribution in [3.63, 3.8) is 0 Å². The summed E-state index contributed by atoms with van der Waals surface area (Å²) < 4.78 is 5.59. The van der Waals surface area contributed by atoms with E-state index in [0.717, 1.165) is 53.9 Å². The smallest absolute Gasteiger partial charge is 0.152 e. The molecule has 1 saturated heterocycles. The number of nitrogens with zero attached hydrogens (tertiary/aromatic N) is 2. The van der Waals surface area contributed by atoms with Gasteiger partial charge in [0.05, 0.1) is 29.8 Å². The summed E-state index contributed by atoms with van der Waals surface area (Å²) in [7, 11) is 0. The molecule has 0 bridgehead atoms. The Morgan fingerprint density at radius 3 is 2.79 bits per heavy atom. The van der Waals surface area contributed by atoms with E-state index >= 15 is 0 Å². The van der Waals surface area contributed by atoms with Crippen molar-refractivity contribution in [1.82, 2.24) is 15.5 Å². The van der Waals surface area contributed by atoms with Gasteiger partial charge >= 0.3 is 0 Å². The van der Waals surface area contributed by atoms with Crippen LogP contribution in [-0.4, -0.2) is 42.0 Å². The van der Waals surface area contributed by atoms with Crippen molar-refractivity contribution in [3.05, 3.63) is 47.3 Å². The Labute approximate surface area is 174 Å². The molecule has 2 aromatic heterocycles. The molecule has 2 unspecified atom stereocenters. The summed E-state index contributed by atoms with van der Waals surface area (Å²) in [5, 5.41) is 26.8. The summed E-state index contributed by atoms with van der Waals surface area (Å²) in [6.07, 6.45) is 1.02. The van der Waals surface area contributed by atoms with Crippen LogP contribution in [-0.2, 0) is 4.74 Å². The van der Waals surface area contributed by atoms with Crippen LogP contribution >= 0.6 is 11.3 Å². The third kappa shape index (κ3) is 4.77. The summed E-state index contributed by atoms with van der Waals surface area (Å²) in [5.74, 6) is 0.739. The van der Waals surface area contributed by atoms with Crippen molar-refractivity contribution in [3.8, 4) is 16.6 Å². The van der Waals surface area contributed by atoms with Gasteiger partial charge in [-0.15, -0.1) is 11.3 Å². The normalized spacial score (nSPS) is 17.4. The van der Waals surface area contributed by atoms with Crippen molar-refractivity contribution >= 4 is 28.5 Å². The first-order valence-electron chi connectivity index (χ1n) is 9.75. The number of morpholine rings is 1. The van der Waals surface area contributed by atoms with Gasteiger partial charge in [-0.25, -0.2) is 0 Å². The maximum atomic E-state index is 8.97. The minimum absolute atomic E-state index is 0.326. The zero-order valence-electron chi connectivity index (χ0n) is 16.2. The second-order valence-electron chi connectivity index (χ2n) is 6.94. The van der Waals surface area contributed by atoms with E-state index in [1.165, 1.54) is 11.3 Å². The summed E-state index contributed by atoms with van der Waals surface area (Å²) in [6, 6.07) is 16.7. The Morgan fingerprint density at radius 1 is 1.28 bits per heavy atom. The van der Waals surface area contributed by atoms with Gasteiger partial charge in [-0.2, -0.15) is 10.4 Å². The maximum Gasteiger partial charge on any atom is 0.152 e. The maximum absolute atomic E-state index is 8.97. The highest BCUT2D eigenvalue weighted by atomic mass is 32.1. The molecule has 4 rings (SSSR count). The average molecular weight is 409 g/mol. The topological polar surface area (TPSA) is 97.8 Å². The summed E-state index contributed by atoms with van der Waals surface area (Å²) in [4.78, 5) is 1.68. The quantitative estimate of drug-likeness (QED) is 0.473. The van der Waals surface area contributed by atoms with E-state index < -0.39 is 0 Å². The average Bonchev–Trinajstić information content (AvgIpc) is 3.43. The molecule has 150 valence electrons. The second-order valence-corrected chi connectivity index (χ2v) is 8.02. The van der Waals surface area contributed by atoms with Crippen molar-refractivity contribution in [2.24, 2.45) is 0 Å². The molecule has 3 aromatic rings. The molecule has 29 heavy (non-hydrogen) atoms. The molecule has 1 aliphatic rings. The molecule has 0 spiro atoms. The zero-order chi connectivity index (χ0) is 20.1. The van der Waals surface area contributed by atoms with Crippen LogP contribution in [0.1, 0.15) is 18.2 Å². The first-order chi connectivity index (χ1) is 14.2. The molecular formula is C21H24N6OS. The number of hydrogen-bond donors (Lipinski definition) is 4. The Bertz CT molecular complexity index is 968. The number of aromatic amines is 1. The lowest BCUT2D eigenvalue weighted by atomic mass is 10.0. The van der Waals surface area contributed by atoms with Crippen molar-refractivity contribution in [1.29, 1.82) is 5.26 Å². The van der Waals surface area contributed by atoms with E-state index in [-0.39, 0.29) is 0 Å². The Hall–Kier alpha value is -2.86. The van der Waals surface area contributed by atoms with E-state index in [0.29, 0.717) is 17.0 Å². The summed E-state index contributed by atoms with van der Waals surface area (Å²) in [6.45, 7) is 4.62.